The van der Waals surface area contributed by atoms with E-state index in [-0.39, 0.29) is 36.6 Å². The van der Waals surface area contributed by atoms with E-state index in [0.29, 0.717) is 5.56 Å². The van der Waals surface area contributed by atoms with Crippen molar-refractivity contribution >= 4 is 23.6 Å². The molecule has 2 N–H and O–H groups in total. The van der Waals surface area contributed by atoms with Crippen molar-refractivity contribution in [2.45, 2.75) is 51.3 Å². The second kappa shape index (κ2) is 11.4. The van der Waals surface area contributed by atoms with Crippen molar-refractivity contribution in [3.05, 3.63) is 83.6 Å². The number of hydrogen-bond acceptors (Lipinski definition) is 5. The number of carbonyl (C=O) groups excluding carboxylic acids is 2. The third-order valence-electron chi connectivity index (χ3n) is 5.93. The van der Waals surface area contributed by atoms with E-state index in [1.54, 1.807) is 30.3 Å². The Morgan fingerprint density at radius 2 is 1.66 bits per heavy atom. The van der Waals surface area contributed by atoms with Gasteiger partial charge in [0.05, 0.1) is 6.04 Å². The van der Waals surface area contributed by atoms with Gasteiger partial charge in [-0.15, -0.1) is 0 Å². The van der Waals surface area contributed by atoms with Gasteiger partial charge < -0.3 is 10.4 Å². The molecule has 1 fully saturated rings. The van der Waals surface area contributed by atoms with Crippen LogP contribution in [-0.4, -0.2) is 43.8 Å². The van der Waals surface area contributed by atoms with E-state index in [2.05, 4.69) is 10.4 Å². The molecule has 35 heavy (non-hydrogen) atoms. The Hall–Kier alpha value is -3.98. The highest BCUT2D eigenvalue weighted by atomic mass is 16.7. The van der Waals surface area contributed by atoms with Gasteiger partial charge >= 0.3 is 5.97 Å². The second-order valence-electron chi connectivity index (χ2n) is 8.47. The van der Waals surface area contributed by atoms with Gasteiger partial charge in [0.15, 0.2) is 5.82 Å². The quantitative estimate of drug-likeness (QED) is 0.449. The van der Waals surface area contributed by atoms with E-state index in [4.69, 9.17) is 4.84 Å². The van der Waals surface area contributed by atoms with Crippen LogP contribution in [0.3, 0.4) is 0 Å². The molecule has 0 spiro atoms. The summed E-state index contributed by atoms with van der Waals surface area (Å²) in [4.78, 5) is 43.6. The Labute approximate surface area is 203 Å². The van der Waals surface area contributed by atoms with Crippen molar-refractivity contribution in [1.29, 1.82) is 0 Å². The van der Waals surface area contributed by atoms with Gasteiger partial charge in [0, 0.05) is 11.6 Å². The van der Waals surface area contributed by atoms with Gasteiger partial charge in [0.2, 0.25) is 0 Å². The normalized spacial score (nSPS) is 13.8. The van der Waals surface area contributed by atoms with Crippen LogP contribution in [0, 0.1) is 0 Å². The highest BCUT2D eigenvalue weighted by Crippen LogP contribution is 2.24. The molecular formula is C26H28N4O5. The van der Waals surface area contributed by atoms with Crippen LogP contribution < -0.4 is 5.32 Å². The molecule has 1 aromatic heterocycles. The van der Waals surface area contributed by atoms with E-state index in [0.717, 1.165) is 42.3 Å². The molecular weight excluding hydrogens is 448 g/mol. The number of hydrogen-bond donors (Lipinski definition) is 2. The topological polar surface area (TPSA) is 114 Å². The molecule has 0 unspecified atom stereocenters. The van der Waals surface area contributed by atoms with Crippen LogP contribution in [0.2, 0.25) is 0 Å². The fourth-order valence-electron chi connectivity index (χ4n) is 4.16. The van der Waals surface area contributed by atoms with Crippen molar-refractivity contribution in [3.63, 3.8) is 0 Å². The molecule has 4 rings (SSSR count). The van der Waals surface area contributed by atoms with E-state index < -0.39 is 11.9 Å². The molecule has 1 saturated carbocycles. The predicted octanol–water partition coefficient (Wildman–Crippen LogP) is 4.13. The first-order valence-electron chi connectivity index (χ1n) is 11.7. The molecule has 1 aliphatic carbocycles. The summed E-state index contributed by atoms with van der Waals surface area (Å²) >= 11 is 0. The standard InChI is InChI=1S/C26H28N4O5/c31-24(30(21-14-8-3-9-15-21)35-18-19-10-4-1-5-11-19)17-29-22(26(33)34)16-23(28-29)27-25(32)20-12-6-2-7-13-20/h1-2,4-7,10-13,16,21H,3,8-9,14-15,17-18H2,(H,33,34)(H,27,28,32). The van der Waals surface area contributed by atoms with E-state index >= 15 is 0 Å². The molecule has 9 heteroatoms. The number of carbonyl (C=O) groups is 3. The van der Waals surface area contributed by atoms with Crippen molar-refractivity contribution < 1.29 is 24.3 Å². The second-order valence-corrected chi connectivity index (χ2v) is 8.47. The summed E-state index contributed by atoms with van der Waals surface area (Å²) in [7, 11) is 0. The minimum Gasteiger partial charge on any atom is -0.477 e. The summed E-state index contributed by atoms with van der Waals surface area (Å²) in [6.07, 6.45) is 4.76. The van der Waals surface area contributed by atoms with Crippen LogP contribution in [0.15, 0.2) is 66.7 Å². The maximum absolute atomic E-state index is 13.3. The smallest absolute Gasteiger partial charge is 0.354 e. The number of anilines is 1. The molecule has 0 radical (unpaired) electrons. The van der Waals surface area contributed by atoms with Gasteiger partial charge in [0.25, 0.3) is 11.8 Å². The lowest BCUT2D eigenvalue weighted by Crippen LogP contribution is -2.43. The molecule has 0 atom stereocenters. The van der Waals surface area contributed by atoms with Crippen LogP contribution in [0.5, 0.6) is 0 Å². The first-order chi connectivity index (χ1) is 17.0. The minimum atomic E-state index is -1.25. The zero-order chi connectivity index (χ0) is 24.6. The van der Waals surface area contributed by atoms with Crippen LogP contribution in [0.4, 0.5) is 5.82 Å². The Morgan fingerprint density at radius 3 is 2.31 bits per heavy atom. The van der Waals surface area contributed by atoms with Crippen molar-refractivity contribution in [2.75, 3.05) is 5.32 Å². The molecule has 2 amide bonds. The van der Waals surface area contributed by atoms with E-state index in [1.807, 2.05) is 30.3 Å². The largest absolute Gasteiger partial charge is 0.477 e. The molecule has 182 valence electrons. The Balaban J connectivity index is 1.50. The van der Waals surface area contributed by atoms with Crippen LogP contribution in [-0.2, 0) is 22.8 Å². The lowest BCUT2D eigenvalue weighted by molar-refractivity contribution is -0.210. The number of nitrogens with zero attached hydrogens (tertiary/aromatic N) is 3. The summed E-state index contributed by atoms with van der Waals surface area (Å²) in [5.74, 6) is -2.01. The molecule has 2 aromatic carbocycles. The maximum Gasteiger partial charge on any atom is 0.354 e. The predicted molar refractivity (Wildman–Crippen MR) is 129 cm³/mol. The molecule has 0 aliphatic heterocycles. The average Bonchev–Trinajstić information content (AvgIpc) is 3.28. The van der Waals surface area contributed by atoms with Gasteiger partial charge in [0.1, 0.15) is 18.8 Å². The number of carboxylic acids is 1. The minimum absolute atomic E-state index is 0.0541. The number of aromatic nitrogens is 2. The van der Waals surface area contributed by atoms with Crippen molar-refractivity contribution in [3.8, 4) is 0 Å². The number of aromatic carboxylic acids is 1. The van der Waals surface area contributed by atoms with Gasteiger partial charge in [-0.2, -0.15) is 5.10 Å². The molecule has 1 heterocycles. The highest BCUT2D eigenvalue weighted by Gasteiger charge is 2.28. The maximum atomic E-state index is 13.3. The van der Waals surface area contributed by atoms with Gasteiger partial charge in [-0.25, -0.2) is 14.5 Å². The Kier molecular flexibility index (Phi) is 7.89. The summed E-state index contributed by atoms with van der Waals surface area (Å²) in [5, 5.41) is 17.8. The summed E-state index contributed by atoms with van der Waals surface area (Å²) in [5.41, 5.74) is 1.14. The molecule has 0 saturated heterocycles. The number of hydroxylamine groups is 2. The van der Waals surface area contributed by atoms with Gasteiger partial charge in [-0.3, -0.25) is 14.4 Å². The highest BCUT2D eigenvalue weighted by molar-refractivity contribution is 6.04. The lowest BCUT2D eigenvalue weighted by atomic mass is 9.95. The third-order valence-corrected chi connectivity index (χ3v) is 5.93. The summed E-state index contributed by atoms with van der Waals surface area (Å²) in [6.45, 7) is -0.0967. The van der Waals surface area contributed by atoms with Gasteiger partial charge in [-0.1, -0.05) is 67.8 Å². The fourth-order valence-corrected chi connectivity index (χ4v) is 4.16. The van der Waals surface area contributed by atoms with Crippen molar-refractivity contribution in [1.82, 2.24) is 14.8 Å². The summed E-state index contributed by atoms with van der Waals surface area (Å²) < 4.78 is 1.09. The fraction of sp³-hybridized carbons (Fsp3) is 0.308. The molecule has 3 aromatic rings. The Morgan fingerprint density at radius 1 is 1.00 bits per heavy atom. The number of benzene rings is 2. The number of carboxylic acid groups (broad SMARTS) is 1. The summed E-state index contributed by atoms with van der Waals surface area (Å²) in [6, 6.07) is 19.2. The Bertz CT molecular complexity index is 1160. The first-order valence-corrected chi connectivity index (χ1v) is 11.7. The molecule has 0 bridgehead atoms. The zero-order valence-electron chi connectivity index (χ0n) is 19.3. The van der Waals surface area contributed by atoms with Crippen molar-refractivity contribution in [2.24, 2.45) is 0 Å². The van der Waals surface area contributed by atoms with E-state index in [9.17, 15) is 19.5 Å². The SMILES string of the molecule is O=C(Nc1cc(C(=O)O)n(CC(=O)N(OCc2ccccc2)C2CCCCC2)n1)c1ccccc1. The first kappa shape index (κ1) is 24.2. The number of amides is 2. The van der Waals surface area contributed by atoms with Gasteiger partial charge in [-0.05, 0) is 30.5 Å². The number of rotatable bonds is 9. The lowest BCUT2D eigenvalue weighted by Gasteiger charge is -2.33. The monoisotopic (exact) mass is 476 g/mol. The van der Waals surface area contributed by atoms with Crippen LogP contribution in [0.25, 0.3) is 0 Å². The van der Waals surface area contributed by atoms with Crippen LogP contribution >= 0.6 is 0 Å². The van der Waals surface area contributed by atoms with Crippen LogP contribution in [0.1, 0.15) is 58.5 Å². The average molecular weight is 477 g/mol. The van der Waals surface area contributed by atoms with E-state index in [1.165, 1.54) is 11.1 Å². The molecule has 1 aliphatic rings. The number of nitrogens with one attached hydrogen (secondary N) is 1. The molecule has 9 nitrogen and oxygen atoms in total. The zero-order valence-corrected chi connectivity index (χ0v) is 19.3. The third kappa shape index (κ3) is 6.33.